The van der Waals surface area contributed by atoms with E-state index < -0.39 is 11.7 Å². The van der Waals surface area contributed by atoms with Gasteiger partial charge in [0.05, 0.1) is 22.7 Å². The normalized spacial score (nSPS) is 16.4. The third-order valence-electron chi connectivity index (χ3n) is 2.99. The standard InChI is InChI=1S/C13H13ClF3N3O/c1-12(2,3)9-5-10(21)20(19-9)11-8(14)4-7(6-18-11)13(15,16)17/h4,6H,5H2,1-3H3. The Morgan fingerprint density at radius 3 is 2.33 bits per heavy atom. The number of aromatic nitrogens is 1. The monoisotopic (exact) mass is 319 g/mol. The van der Waals surface area contributed by atoms with Gasteiger partial charge < -0.3 is 0 Å². The lowest BCUT2D eigenvalue weighted by Crippen LogP contribution is -2.22. The van der Waals surface area contributed by atoms with Gasteiger partial charge in [0.25, 0.3) is 5.91 Å². The summed E-state index contributed by atoms with van der Waals surface area (Å²) in [6, 6.07) is 0.738. The van der Waals surface area contributed by atoms with Gasteiger partial charge in [-0.05, 0) is 6.07 Å². The van der Waals surface area contributed by atoms with E-state index in [4.69, 9.17) is 11.6 Å². The molecule has 21 heavy (non-hydrogen) atoms. The van der Waals surface area contributed by atoms with Crippen molar-refractivity contribution >= 4 is 29.0 Å². The van der Waals surface area contributed by atoms with Gasteiger partial charge in [0.2, 0.25) is 0 Å². The van der Waals surface area contributed by atoms with Gasteiger partial charge in [-0.3, -0.25) is 4.79 Å². The molecule has 0 spiro atoms. The minimum absolute atomic E-state index is 0.0890. The summed E-state index contributed by atoms with van der Waals surface area (Å²) >= 11 is 5.82. The number of nitrogens with zero attached hydrogens (tertiary/aromatic N) is 3. The van der Waals surface area contributed by atoms with Crippen LogP contribution < -0.4 is 5.01 Å². The smallest absolute Gasteiger partial charge is 0.272 e. The summed E-state index contributed by atoms with van der Waals surface area (Å²) in [5.41, 5.74) is -0.656. The molecule has 8 heteroatoms. The maximum atomic E-state index is 12.6. The molecule has 1 amide bonds. The van der Waals surface area contributed by atoms with Gasteiger partial charge in [-0.15, -0.1) is 0 Å². The molecule has 0 saturated carbocycles. The minimum atomic E-state index is -4.54. The largest absolute Gasteiger partial charge is 0.417 e. The Morgan fingerprint density at radius 2 is 1.90 bits per heavy atom. The molecule has 0 radical (unpaired) electrons. The van der Waals surface area contributed by atoms with Gasteiger partial charge in [0.15, 0.2) is 5.82 Å². The molecule has 2 rings (SSSR count). The summed E-state index contributed by atoms with van der Waals surface area (Å²) < 4.78 is 37.7. The SMILES string of the molecule is CC(C)(C)C1=NN(c2ncc(C(F)(F)F)cc2Cl)C(=O)C1. The van der Waals surface area contributed by atoms with Crippen molar-refractivity contribution in [2.45, 2.75) is 33.4 Å². The molecule has 1 aliphatic rings. The first-order chi connectivity index (χ1) is 9.50. The molecule has 0 saturated heterocycles. The second-order valence-corrected chi connectivity index (χ2v) is 6.11. The van der Waals surface area contributed by atoms with Crippen LogP contribution in [0.15, 0.2) is 17.4 Å². The number of amides is 1. The molecule has 114 valence electrons. The zero-order chi connectivity index (χ0) is 16.0. The third-order valence-corrected chi connectivity index (χ3v) is 3.27. The van der Waals surface area contributed by atoms with Crippen LogP contribution in [0.1, 0.15) is 32.8 Å². The van der Waals surface area contributed by atoms with Gasteiger partial charge in [0.1, 0.15) is 0 Å². The van der Waals surface area contributed by atoms with Crippen LogP contribution in [-0.4, -0.2) is 16.6 Å². The van der Waals surface area contributed by atoms with Crippen LogP contribution in [0.4, 0.5) is 19.0 Å². The van der Waals surface area contributed by atoms with E-state index in [-0.39, 0.29) is 28.6 Å². The van der Waals surface area contributed by atoms with Crippen LogP contribution in [0.3, 0.4) is 0 Å². The molecule has 0 N–H and O–H groups in total. The number of rotatable bonds is 1. The molecular weight excluding hydrogens is 307 g/mol. The molecule has 0 bridgehead atoms. The molecule has 0 unspecified atom stereocenters. The number of hydrogen-bond acceptors (Lipinski definition) is 3. The van der Waals surface area contributed by atoms with Gasteiger partial charge >= 0.3 is 6.18 Å². The molecule has 0 fully saturated rings. The van der Waals surface area contributed by atoms with Gasteiger partial charge in [0, 0.05) is 11.6 Å². The minimum Gasteiger partial charge on any atom is -0.272 e. The van der Waals surface area contributed by atoms with Crippen molar-refractivity contribution in [2.75, 3.05) is 5.01 Å². The Bertz CT molecular complexity index is 620. The van der Waals surface area contributed by atoms with Crippen LogP contribution in [0.25, 0.3) is 0 Å². The highest BCUT2D eigenvalue weighted by Gasteiger charge is 2.35. The fraction of sp³-hybridized carbons (Fsp3) is 0.462. The molecule has 0 atom stereocenters. The highest BCUT2D eigenvalue weighted by molar-refractivity contribution is 6.34. The van der Waals surface area contributed by atoms with Crippen molar-refractivity contribution in [3.8, 4) is 0 Å². The van der Waals surface area contributed by atoms with E-state index in [1.54, 1.807) is 0 Å². The number of carbonyl (C=O) groups excluding carboxylic acids is 1. The maximum absolute atomic E-state index is 12.6. The molecule has 1 aliphatic heterocycles. The Morgan fingerprint density at radius 1 is 1.29 bits per heavy atom. The summed E-state index contributed by atoms with van der Waals surface area (Å²) in [6.45, 7) is 5.68. The number of carbonyl (C=O) groups is 1. The van der Waals surface area contributed by atoms with Crippen molar-refractivity contribution in [1.82, 2.24) is 4.98 Å². The lowest BCUT2D eigenvalue weighted by atomic mass is 9.88. The summed E-state index contributed by atoms with van der Waals surface area (Å²) in [6.07, 6.45) is -3.80. The number of alkyl halides is 3. The van der Waals surface area contributed by atoms with Crippen molar-refractivity contribution in [2.24, 2.45) is 10.5 Å². The average Bonchev–Trinajstić information content (AvgIpc) is 2.70. The average molecular weight is 320 g/mol. The molecule has 2 heterocycles. The Hall–Kier alpha value is -1.63. The van der Waals surface area contributed by atoms with Crippen molar-refractivity contribution < 1.29 is 18.0 Å². The predicted octanol–water partition coefficient (Wildman–Crippen LogP) is 3.89. The van der Waals surface area contributed by atoms with E-state index in [1.807, 2.05) is 20.8 Å². The first-order valence-electron chi connectivity index (χ1n) is 6.14. The summed E-state index contributed by atoms with van der Waals surface area (Å²) in [5.74, 6) is -0.456. The fourth-order valence-electron chi connectivity index (χ4n) is 1.75. The summed E-state index contributed by atoms with van der Waals surface area (Å²) in [7, 11) is 0. The van der Waals surface area contributed by atoms with Gasteiger partial charge in [-0.1, -0.05) is 32.4 Å². The molecule has 4 nitrogen and oxygen atoms in total. The van der Waals surface area contributed by atoms with E-state index in [1.165, 1.54) is 0 Å². The third kappa shape index (κ3) is 3.18. The maximum Gasteiger partial charge on any atom is 0.417 e. The van der Waals surface area contributed by atoms with Crippen LogP contribution in [0.5, 0.6) is 0 Å². The quantitative estimate of drug-likeness (QED) is 0.788. The zero-order valence-corrected chi connectivity index (χ0v) is 12.4. The molecular formula is C13H13ClF3N3O. The van der Waals surface area contributed by atoms with Gasteiger partial charge in [-0.25, -0.2) is 4.98 Å². The zero-order valence-electron chi connectivity index (χ0n) is 11.6. The second-order valence-electron chi connectivity index (χ2n) is 5.71. The number of hydrogen-bond donors (Lipinski definition) is 0. The first kappa shape index (κ1) is 15.8. The fourth-order valence-corrected chi connectivity index (χ4v) is 2.00. The molecule has 1 aromatic rings. The lowest BCUT2D eigenvalue weighted by Gasteiger charge is -2.16. The van der Waals surface area contributed by atoms with E-state index in [0.717, 1.165) is 11.1 Å². The predicted molar refractivity (Wildman–Crippen MR) is 73.2 cm³/mol. The van der Waals surface area contributed by atoms with Crippen LogP contribution in [-0.2, 0) is 11.0 Å². The summed E-state index contributed by atoms with van der Waals surface area (Å²) in [4.78, 5) is 15.6. The number of hydrazone groups is 1. The highest BCUT2D eigenvalue weighted by atomic mass is 35.5. The van der Waals surface area contributed by atoms with Crippen molar-refractivity contribution in [1.29, 1.82) is 0 Å². The van der Waals surface area contributed by atoms with E-state index in [2.05, 4.69) is 10.1 Å². The van der Waals surface area contributed by atoms with Crippen LogP contribution in [0.2, 0.25) is 5.02 Å². The Balaban J connectivity index is 2.39. The Labute approximate surface area is 124 Å². The number of halogens is 4. The summed E-state index contributed by atoms with van der Waals surface area (Å²) in [5, 5.41) is 4.83. The van der Waals surface area contributed by atoms with E-state index in [0.29, 0.717) is 11.9 Å². The van der Waals surface area contributed by atoms with Crippen molar-refractivity contribution in [3.05, 3.63) is 22.8 Å². The van der Waals surface area contributed by atoms with Crippen molar-refractivity contribution in [3.63, 3.8) is 0 Å². The first-order valence-corrected chi connectivity index (χ1v) is 6.51. The van der Waals surface area contributed by atoms with Crippen LogP contribution >= 0.6 is 11.6 Å². The van der Waals surface area contributed by atoms with E-state index >= 15 is 0 Å². The Kier molecular flexibility index (Phi) is 3.73. The molecule has 0 aromatic carbocycles. The topological polar surface area (TPSA) is 45.6 Å². The lowest BCUT2D eigenvalue weighted by molar-refractivity contribution is -0.137. The number of anilines is 1. The highest BCUT2D eigenvalue weighted by Crippen LogP contribution is 2.35. The second kappa shape index (κ2) is 4.98. The molecule has 0 aliphatic carbocycles. The number of pyridine rings is 1. The van der Waals surface area contributed by atoms with Gasteiger partial charge in [-0.2, -0.15) is 23.3 Å². The van der Waals surface area contributed by atoms with E-state index in [9.17, 15) is 18.0 Å². The molecule has 1 aromatic heterocycles. The van der Waals surface area contributed by atoms with Crippen LogP contribution in [0, 0.1) is 5.41 Å².